The molecule has 1 aromatic rings. The summed E-state index contributed by atoms with van der Waals surface area (Å²) in [6.07, 6.45) is 8.51. The number of nitrogens with zero attached hydrogens (tertiary/aromatic N) is 1. The fraction of sp³-hybridized carbons (Fsp3) is 0.588. The number of hydrogen-bond acceptors (Lipinski definition) is 2. The third-order valence-electron chi connectivity index (χ3n) is 3.81. The molecule has 0 radical (unpaired) electrons. The highest BCUT2D eigenvalue weighted by molar-refractivity contribution is 5.97. The normalized spacial score (nSPS) is 16.3. The number of hydrogen-bond donors (Lipinski definition) is 1. The van der Waals surface area contributed by atoms with Crippen molar-refractivity contribution in [1.82, 2.24) is 0 Å². The molecule has 0 saturated heterocycles. The van der Waals surface area contributed by atoms with Crippen LogP contribution in [-0.2, 0) is 0 Å². The summed E-state index contributed by atoms with van der Waals surface area (Å²) >= 11 is 0. The molecule has 1 saturated carbocycles. The quantitative estimate of drug-likeness (QED) is 0.483. The van der Waals surface area contributed by atoms with Crippen molar-refractivity contribution in [3.63, 3.8) is 0 Å². The van der Waals surface area contributed by atoms with E-state index in [4.69, 9.17) is 10.5 Å². The highest BCUT2D eigenvalue weighted by atomic mass is 35.5. The van der Waals surface area contributed by atoms with Gasteiger partial charge in [-0.2, -0.15) is 0 Å². The number of halogens is 1. The number of ether oxygens (including phenoxy) is 1. The molecule has 1 fully saturated rings. The van der Waals surface area contributed by atoms with E-state index in [1.807, 2.05) is 24.3 Å². The van der Waals surface area contributed by atoms with E-state index in [9.17, 15) is 0 Å². The third-order valence-corrected chi connectivity index (χ3v) is 3.81. The van der Waals surface area contributed by atoms with Crippen LogP contribution in [0, 0.1) is 0 Å². The Kier molecular flexibility index (Phi) is 8.21. The highest BCUT2D eigenvalue weighted by Gasteiger charge is 2.12. The lowest BCUT2D eigenvalue weighted by Crippen LogP contribution is -2.19. The number of rotatable bonds is 6. The Morgan fingerprint density at radius 1 is 1.19 bits per heavy atom. The summed E-state index contributed by atoms with van der Waals surface area (Å²) in [5, 5.41) is 0. The molecule has 0 aliphatic heterocycles. The molecule has 0 amide bonds. The van der Waals surface area contributed by atoms with Crippen molar-refractivity contribution < 1.29 is 4.74 Å². The third kappa shape index (κ3) is 5.96. The smallest absolute Gasteiger partial charge is 0.125 e. The Balaban J connectivity index is 0.00000220. The number of benzene rings is 1. The second-order valence-electron chi connectivity index (χ2n) is 5.53. The van der Waals surface area contributed by atoms with Crippen LogP contribution in [0.3, 0.4) is 0 Å². The Bertz CT molecular complexity index is 425. The molecule has 3 nitrogen and oxygen atoms in total. The van der Waals surface area contributed by atoms with Gasteiger partial charge in [-0.1, -0.05) is 32.6 Å². The Hall–Kier alpha value is -1.22. The van der Waals surface area contributed by atoms with Crippen molar-refractivity contribution >= 4 is 18.2 Å². The molecular formula is C17H27ClN2O. The Morgan fingerprint density at radius 2 is 1.86 bits per heavy atom. The zero-order chi connectivity index (χ0) is 14.2. The van der Waals surface area contributed by atoms with Gasteiger partial charge in [-0.3, -0.25) is 4.99 Å². The van der Waals surface area contributed by atoms with Crippen molar-refractivity contribution in [2.24, 2.45) is 10.7 Å². The van der Waals surface area contributed by atoms with Crippen LogP contribution < -0.4 is 10.5 Å². The van der Waals surface area contributed by atoms with Crippen molar-refractivity contribution in [1.29, 1.82) is 0 Å². The molecule has 1 aliphatic rings. The van der Waals surface area contributed by atoms with Gasteiger partial charge >= 0.3 is 0 Å². The van der Waals surface area contributed by atoms with Gasteiger partial charge in [-0.15, -0.1) is 12.4 Å². The van der Waals surface area contributed by atoms with Gasteiger partial charge < -0.3 is 10.5 Å². The van der Waals surface area contributed by atoms with Crippen LogP contribution in [0.1, 0.15) is 57.4 Å². The van der Waals surface area contributed by atoms with E-state index in [0.717, 1.165) is 30.8 Å². The monoisotopic (exact) mass is 310 g/mol. The van der Waals surface area contributed by atoms with Gasteiger partial charge in [-0.25, -0.2) is 0 Å². The van der Waals surface area contributed by atoms with E-state index in [1.54, 1.807) is 0 Å². The van der Waals surface area contributed by atoms with Crippen molar-refractivity contribution in [3.8, 4) is 5.75 Å². The van der Waals surface area contributed by atoms with Crippen LogP contribution in [0.5, 0.6) is 5.75 Å². The Labute approximate surface area is 134 Å². The molecule has 21 heavy (non-hydrogen) atoms. The minimum absolute atomic E-state index is 0. The minimum atomic E-state index is 0. The molecule has 0 atom stereocenters. The highest BCUT2D eigenvalue weighted by Crippen LogP contribution is 2.21. The lowest BCUT2D eigenvalue weighted by atomic mass is 9.96. The van der Waals surface area contributed by atoms with Crippen molar-refractivity contribution in [3.05, 3.63) is 29.8 Å². The van der Waals surface area contributed by atoms with Crippen LogP contribution in [0.4, 0.5) is 0 Å². The zero-order valence-electron chi connectivity index (χ0n) is 12.9. The number of aliphatic imine (C=N–C) groups is 1. The summed E-state index contributed by atoms with van der Waals surface area (Å²) in [6, 6.07) is 8.39. The van der Waals surface area contributed by atoms with Gasteiger partial charge in [0.25, 0.3) is 0 Å². The Morgan fingerprint density at radius 3 is 2.48 bits per heavy atom. The predicted molar refractivity (Wildman–Crippen MR) is 91.7 cm³/mol. The van der Waals surface area contributed by atoms with Gasteiger partial charge in [-0.05, 0) is 43.5 Å². The van der Waals surface area contributed by atoms with Gasteiger partial charge in [0.1, 0.15) is 11.6 Å². The van der Waals surface area contributed by atoms with Crippen LogP contribution in [0.25, 0.3) is 0 Å². The molecule has 0 aromatic heterocycles. The molecule has 1 aromatic carbocycles. The standard InChI is InChI=1S/C17H26N2O.ClH/c1-2-3-13-20-16-11-9-14(10-12-16)17(18)19-15-7-5-4-6-8-15;/h9-12,15H,2-8,13H2,1H3,(H2,18,19);1H. The van der Waals surface area contributed by atoms with E-state index >= 15 is 0 Å². The predicted octanol–water partition coefficient (Wildman–Crippen LogP) is 4.33. The molecule has 2 N–H and O–H groups in total. The maximum absolute atomic E-state index is 6.11. The minimum Gasteiger partial charge on any atom is -0.494 e. The largest absolute Gasteiger partial charge is 0.494 e. The summed E-state index contributed by atoms with van der Waals surface area (Å²) in [7, 11) is 0. The molecule has 0 unspecified atom stereocenters. The first-order valence-electron chi connectivity index (χ1n) is 7.86. The SMILES string of the molecule is CCCCOc1ccc(C(N)=NC2CCCCC2)cc1.Cl. The first-order chi connectivity index (χ1) is 9.79. The summed E-state index contributed by atoms with van der Waals surface area (Å²) in [4.78, 5) is 4.66. The van der Waals surface area contributed by atoms with E-state index in [-0.39, 0.29) is 12.4 Å². The second-order valence-corrected chi connectivity index (χ2v) is 5.53. The zero-order valence-corrected chi connectivity index (χ0v) is 13.7. The van der Waals surface area contributed by atoms with Crippen LogP contribution >= 0.6 is 12.4 Å². The lowest BCUT2D eigenvalue weighted by molar-refractivity contribution is 0.309. The summed E-state index contributed by atoms with van der Waals surface area (Å²) in [5.41, 5.74) is 7.11. The average molecular weight is 311 g/mol. The maximum atomic E-state index is 6.11. The molecule has 118 valence electrons. The molecule has 0 heterocycles. The summed E-state index contributed by atoms with van der Waals surface area (Å²) in [6.45, 7) is 2.94. The van der Waals surface area contributed by atoms with Gasteiger partial charge in [0.15, 0.2) is 0 Å². The van der Waals surface area contributed by atoms with Gasteiger partial charge in [0, 0.05) is 5.56 Å². The van der Waals surface area contributed by atoms with E-state index in [2.05, 4.69) is 11.9 Å². The first-order valence-corrected chi connectivity index (χ1v) is 7.86. The van der Waals surface area contributed by atoms with E-state index in [0.29, 0.717) is 11.9 Å². The molecule has 0 spiro atoms. The number of amidine groups is 1. The summed E-state index contributed by atoms with van der Waals surface area (Å²) < 4.78 is 5.65. The molecule has 4 heteroatoms. The van der Waals surface area contributed by atoms with Gasteiger partial charge in [0.05, 0.1) is 12.6 Å². The lowest BCUT2D eigenvalue weighted by Gasteiger charge is -2.18. The van der Waals surface area contributed by atoms with Crippen molar-refractivity contribution in [2.75, 3.05) is 6.61 Å². The van der Waals surface area contributed by atoms with Gasteiger partial charge in [0.2, 0.25) is 0 Å². The molecule has 0 bridgehead atoms. The number of nitrogens with two attached hydrogens (primary N) is 1. The molecular weight excluding hydrogens is 284 g/mol. The second kappa shape index (κ2) is 9.67. The fourth-order valence-electron chi connectivity index (χ4n) is 2.54. The first kappa shape index (κ1) is 17.8. The average Bonchev–Trinajstić information content (AvgIpc) is 2.49. The maximum Gasteiger partial charge on any atom is 0.125 e. The molecule has 1 aliphatic carbocycles. The van der Waals surface area contributed by atoms with Crippen LogP contribution in [-0.4, -0.2) is 18.5 Å². The van der Waals surface area contributed by atoms with E-state index < -0.39 is 0 Å². The van der Waals surface area contributed by atoms with Crippen LogP contribution in [0.15, 0.2) is 29.3 Å². The van der Waals surface area contributed by atoms with Crippen LogP contribution in [0.2, 0.25) is 0 Å². The fourth-order valence-corrected chi connectivity index (χ4v) is 2.54. The van der Waals surface area contributed by atoms with Crippen molar-refractivity contribution in [2.45, 2.75) is 57.9 Å². The topological polar surface area (TPSA) is 47.6 Å². The summed E-state index contributed by atoms with van der Waals surface area (Å²) in [5.74, 6) is 1.57. The molecule has 2 rings (SSSR count). The number of unbranched alkanes of at least 4 members (excludes halogenated alkanes) is 1. The van der Waals surface area contributed by atoms with E-state index in [1.165, 1.54) is 32.1 Å².